The lowest BCUT2D eigenvalue weighted by atomic mass is 10.0. The van der Waals surface area contributed by atoms with Crippen molar-refractivity contribution >= 4 is 5.69 Å². The van der Waals surface area contributed by atoms with Gasteiger partial charge in [-0.25, -0.2) is 0 Å². The molecule has 2 nitrogen and oxygen atoms in total. The lowest BCUT2D eigenvalue weighted by Crippen LogP contribution is -1.94. The Kier molecular flexibility index (Phi) is 1.77. The smallest absolute Gasteiger partial charge is 0.141 e. The molecular weight excluding hydrogens is 138 g/mol. The van der Waals surface area contributed by atoms with Gasteiger partial charge in [-0.3, -0.25) is 0 Å². The molecule has 60 valence electrons. The predicted molar refractivity (Wildman–Crippen MR) is 46.7 cm³/mol. The highest BCUT2D eigenvalue weighted by Gasteiger charge is 2.05. The zero-order valence-electron chi connectivity index (χ0n) is 7.10. The summed E-state index contributed by atoms with van der Waals surface area (Å²) in [5.74, 6) is 0.225. The number of phenolic OH excluding ortho intramolecular Hbond substituents is 1. The van der Waals surface area contributed by atoms with Crippen LogP contribution in [0.3, 0.4) is 0 Å². The van der Waals surface area contributed by atoms with E-state index in [1.165, 1.54) is 0 Å². The van der Waals surface area contributed by atoms with Crippen LogP contribution in [0.15, 0.2) is 6.07 Å². The number of aromatic hydroxyl groups is 1. The number of benzene rings is 1. The molecule has 0 atom stereocenters. The van der Waals surface area contributed by atoms with Crippen LogP contribution >= 0.6 is 0 Å². The first-order valence-electron chi connectivity index (χ1n) is 3.59. The summed E-state index contributed by atoms with van der Waals surface area (Å²) in [4.78, 5) is 0. The van der Waals surface area contributed by atoms with E-state index in [2.05, 4.69) is 0 Å². The Morgan fingerprint density at radius 1 is 1.18 bits per heavy atom. The summed E-state index contributed by atoms with van der Waals surface area (Å²) in [6.07, 6.45) is 0. The molecule has 0 unspecified atom stereocenters. The van der Waals surface area contributed by atoms with Crippen molar-refractivity contribution in [1.29, 1.82) is 0 Å². The zero-order valence-corrected chi connectivity index (χ0v) is 7.10. The number of anilines is 1. The maximum absolute atomic E-state index is 9.44. The summed E-state index contributed by atoms with van der Waals surface area (Å²) in [7, 11) is 0. The Morgan fingerprint density at radius 3 is 2.27 bits per heavy atom. The molecule has 0 bridgehead atoms. The normalized spacial score (nSPS) is 10.1. The van der Waals surface area contributed by atoms with Crippen LogP contribution in [0.5, 0.6) is 5.75 Å². The molecule has 0 aromatic heterocycles. The van der Waals surface area contributed by atoms with Gasteiger partial charge in [-0.1, -0.05) is 6.07 Å². The summed E-state index contributed by atoms with van der Waals surface area (Å²) in [5, 5.41) is 9.44. The van der Waals surface area contributed by atoms with Gasteiger partial charge in [0.15, 0.2) is 0 Å². The van der Waals surface area contributed by atoms with Crippen molar-refractivity contribution < 1.29 is 5.11 Å². The fourth-order valence-electron chi connectivity index (χ4n) is 1.09. The van der Waals surface area contributed by atoms with Gasteiger partial charge in [0.1, 0.15) is 5.75 Å². The second-order valence-electron chi connectivity index (χ2n) is 2.90. The molecule has 0 heterocycles. The van der Waals surface area contributed by atoms with Crippen molar-refractivity contribution in [2.75, 3.05) is 5.73 Å². The van der Waals surface area contributed by atoms with E-state index in [1.54, 1.807) is 0 Å². The van der Waals surface area contributed by atoms with E-state index in [9.17, 15) is 5.11 Å². The average Bonchev–Trinajstić information content (AvgIpc) is 1.97. The van der Waals surface area contributed by atoms with Gasteiger partial charge in [0.25, 0.3) is 0 Å². The number of phenols is 1. The Hall–Kier alpha value is -1.18. The first-order valence-corrected chi connectivity index (χ1v) is 3.59. The number of hydrogen-bond donors (Lipinski definition) is 2. The highest BCUT2D eigenvalue weighted by atomic mass is 16.3. The molecule has 0 aliphatic heterocycles. The van der Waals surface area contributed by atoms with E-state index < -0.39 is 0 Å². The van der Waals surface area contributed by atoms with Crippen LogP contribution in [-0.4, -0.2) is 5.11 Å². The van der Waals surface area contributed by atoms with E-state index in [1.807, 2.05) is 26.8 Å². The minimum absolute atomic E-state index is 0.225. The third-order valence-electron chi connectivity index (χ3n) is 2.06. The lowest BCUT2D eigenvalue weighted by Gasteiger charge is -2.08. The molecular formula is C9H13NO. The van der Waals surface area contributed by atoms with Gasteiger partial charge in [-0.05, 0) is 37.5 Å². The van der Waals surface area contributed by atoms with Crippen LogP contribution < -0.4 is 5.73 Å². The van der Waals surface area contributed by atoms with Crippen LogP contribution in [0.25, 0.3) is 0 Å². The first kappa shape index (κ1) is 7.92. The SMILES string of the molecule is Cc1cc(C)c(N)c(O)c1C. The molecule has 1 aromatic rings. The number of hydrogen-bond acceptors (Lipinski definition) is 2. The summed E-state index contributed by atoms with van der Waals surface area (Å²) in [6.45, 7) is 5.71. The molecule has 0 saturated heterocycles. The van der Waals surface area contributed by atoms with Gasteiger partial charge in [0.05, 0.1) is 5.69 Å². The molecule has 0 spiro atoms. The third kappa shape index (κ3) is 1.16. The molecule has 1 aromatic carbocycles. The third-order valence-corrected chi connectivity index (χ3v) is 2.06. The van der Waals surface area contributed by atoms with Crippen molar-refractivity contribution in [2.24, 2.45) is 0 Å². The van der Waals surface area contributed by atoms with Crippen LogP contribution in [0.2, 0.25) is 0 Å². The topological polar surface area (TPSA) is 46.2 Å². The quantitative estimate of drug-likeness (QED) is 0.439. The number of aryl methyl sites for hydroxylation is 2. The highest BCUT2D eigenvalue weighted by molar-refractivity contribution is 5.62. The highest BCUT2D eigenvalue weighted by Crippen LogP contribution is 2.29. The Balaban J connectivity index is 3.46. The molecule has 0 amide bonds. The molecule has 0 aliphatic rings. The second kappa shape index (κ2) is 2.46. The Labute approximate surface area is 66.7 Å². The van der Waals surface area contributed by atoms with Crippen LogP contribution in [-0.2, 0) is 0 Å². The minimum Gasteiger partial charge on any atom is -0.505 e. The van der Waals surface area contributed by atoms with Crippen molar-refractivity contribution in [3.8, 4) is 5.75 Å². The fourth-order valence-corrected chi connectivity index (χ4v) is 1.09. The molecule has 11 heavy (non-hydrogen) atoms. The van der Waals surface area contributed by atoms with E-state index in [-0.39, 0.29) is 5.75 Å². The lowest BCUT2D eigenvalue weighted by molar-refractivity contribution is 0.473. The standard InChI is InChI=1S/C9H13NO/c1-5-4-6(2)8(10)9(11)7(5)3/h4,11H,10H2,1-3H3. The molecule has 0 aliphatic carbocycles. The van der Waals surface area contributed by atoms with Crippen LogP contribution in [0, 0.1) is 20.8 Å². The summed E-state index contributed by atoms with van der Waals surface area (Å²) in [5.41, 5.74) is 8.98. The minimum atomic E-state index is 0.225. The van der Waals surface area contributed by atoms with Gasteiger partial charge < -0.3 is 10.8 Å². The maximum Gasteiger partial charge on any atom is 0.141 e. The number of nitrogens with two attached hydrogens (primary N) is 1. The summed E-state index contributed by atoms with van der Waals surface area (Å²) >= 11 is 0. The maximum atomic E-state index is 9.44. The number of nitrogen functional groups attached to an aromatic ring is 1. The van der Waals surface area contributed by atoms with Gasteiger partial charge in [-0.15, -0.1) is 0 Å². The van der Waals surface area contributed by atoms with Crippen molar-refractivity contribution in [3.63, 3.8) is 0 Å². The van der Waals surface area contributed by atoms with Crippen LogP contribution in [0.4, 0.5) is 5.69 Å². The van der Waals surface area contributed by atoms with Gasteiger partial charge in [0, 0.05) is 0 Å². The van der Waals surface area contributed by atoms with Gasteiger partial charge >= 0.3 is 0 Å². The molecule has 0 radical (unpaired) electrons. The van der Waals surface area contributed by atoms with E-state index in [4.69, 9.17) is 5.73 Å². The molecule has 2 heteroatoms. The van der Waals surface area contributed by atoms with Crippen molar-refractivity contribution in [3.05, 3.63) is 22.8 Å². The first-order chi connectivity index (χ1) is 5.04. The predicted octanol–water partition coefficient (Wildman–Crippen LogP) is 1.90. The average molecular weight is 151 g/mol. The van der Waals surface area contributed by atoms with Crippen molar-refractivity contribution in [2.45, 2.75) is 20.8 Å². The zero-order chi connectivity index (χ0) is 8.59. The number of rotatable bonds is 0. The summed E-state index contributed by atoms with van der Waals surface area (Å²) in [6, 6.07) is 1.98. The Morgan fingerprint density at radius 2 is 1.73 bits per heavy atom. The Bertz CT molecular complexity index is 266. The second-order valence-corrected chi connectivity index (χ2v) is 2.90. The van der Waals surface area contributed by atoms with E-state index in [0.29, 0.717) is 5.69 Å². The van der Waals surface area contributed by atoms with Gasteiger partial charge in [0.2, 0.25) is 0 Å². The van der Waals surface area contributed by atoms with Crippen LogP contribution in [0.1, 0.15) is 16.7 Å². The largest absolute Gasteiger partial charge is 0.505 e. The molecule has 3 N–H and O–H groups in total. The fraction of sp³-hybridized carbons (Fsp3) is 0.333. The summed E-state index contributed by atoms with van der Waals surface area (Å²) < 4.78 is 0. The monoisotopic (exact) mass is 151 g/mol. The van der Waals surface area contributed by atoms with E-state index in [0.717, 1.165) is 16.7 Å². The van der Waals surface area contributed by atoms with E-state index >= 15 is 0 Å². The van der Waals surface area contributed by atoms with Crippen molar-refractivity contribution in [1.82, 2.24) is 0 Å². The molecule has 0 fully saturated rings. The molecule has 1 rings (SSSR count). The van der Waals surface area contributed by atoms with Gasteiger partial charge in [-0.2, -0.15) is 0 Å². The molecule has 0 saturated carbocycles.